The molecule has 8 heteroatoms. The number of rotatable bonds is 6. The molecule has 26 heavy (non-hydrogen) atoms. The summed E-state index contributed by atoms with van der Waals surface area (Å²) in [6.45, 7) is 4.96. The van der Waals surface area contributed by atoms with Gasteiger partial charge >= 0.3 is 0 Å². The minimum atomic E-state index is -3.64. The van der Waals surface area contributed by atoms with Gasteiger partial charge < -0.3 is 10.2 Å². The lowest BCUT2D eigenvalue weighted by Crippen LogP contribution is -2.35. The van der Waals surface area contributed by atoms with Gasteiger partial charge in [0.15, 0.2) is 0 Å². The molecule has 0 spiro atoms. The third-order valence-corrected chi connectivity index (χ3v) is 5.48. The molecular formula is C18H25N5O2S. The van der Waals surface area contributed by atoms with Gasteiger partial charge in [-0.05, 0) is 48.9 Å². The van der Waals surface area contributed by atoms with Crippen LogP contribution in [0.15, 0.2) is 41.4 Å². The van der Waals surface area contributed by atoms with Crippen LogP contribution < -0.4 is 15.4 Å². The van der Waals surface area contributed by atoms with Crippen molar-refractivity contribution in [3.63, 3.8) is 0 Å². The molecule has 140 valence electrons. The lowest BCUT2D eigenvalue weighted by atomic mass is 10.0. The van der Waals surface area contributed by atoms with Crippen LogP contribution in [-0.2, 0) is 16.4 Å². The van der Waals surface area contributed by atoms with Crippen molar-refractivity contribution in [2.75, 3.05) is 29.9 Å². The number of primary sulfonamides is 1. The molecule has 1 saturated heterocycles. The van der Waals surface area contributed by atoms with Crippen LogP contribution in [0.4, 0.5) is 11.8 Å². The fraction of sp³-hybridized carbons (Fsp3) is 0.444. The van der Waals surface area contributed by atoms with E-state index in [1.165, 1.54) is 25.0 Å². The average molecular weight is 375 g/mol. The molecule has 1 fully saturated rings. The van der Waals surface area contributed by atoms with Gasteiger partial charge in [-0.3, -0.25) is 0 Å². The highest BCUT2D eigenvalue weighted by atomic mass is 32.2. The molecule has 7 nitrogen and oxygen atoms in total. The van der Waals surface area contributed by atoms with Crippen LogP contribution in [0.5, 0.6) is 0 Å². The van der Waals surface area contributed by atoms with E-state index in [0.29, 0.717) is 12.5 Å². The maximum Gasteiger partial charge on any atom is 0.238 e. The van der Waals surface area contributed by atoms with E-state index in [-0.39, 0.29) is 4.90 Å². The number of nitrogens with two attached hydrogens (primary N) is 1. The Hall–Kier alpha value is -2.19. The van der Waals surface area contributed by atoms with Crippen LogP contribution in [0.3, 0.4) is 0 Å². The number of piperidine rings is 1. The van der Waals surface area contributed by atoms with Crippen molar-refractivity contribution in [3.8, 4) is 0 Å². The zero-order chi connectivity index (χ0) is 18.6. The summed E-state index contributed by atoms with van der Waals surface area (Å²) >= 11 is 0. The van der Waals surface area contributed by atoms with Crippen LogP contribution in [-0.4, -0.2) is 38.0 Å². The lowest BCUT2D eigenvalue weighted by molar-refractivity contribution is 0.442. The van der Waals surface area contributed by atoms with E-state index in [0.717, 1.165) is 36.8 Å². The van der Waals surface area contributed by atoms with Gasteiger partial charge in [-0.15, -0.1) is 0 Å². The van der Waals surface area contributed by atoms with Gasteiger partial charge in [0.25, 0.3) is 0 Å². The molecule has 1 unspecified atom stereocenters. The summed E-state index contributed by atoms with van der Waals surface area (Å²) in [4.78, 5) is 11.4. The second kappa shape index (κ2) is 8.01. The molecule has 1 aromatic carbocycles. The molecule has 1 aliphatic heterocycles. The number of hydrogen-bond donors (Lipinski definition) is 2. The number of nitrogens with one attached hydrogen (secondary N) is 1. The highest BCUT2D eigenvalue weighted by Crippen LogP contribution is 2.20. The van der Waals surface area contributed by atoms with Crippen LogP contribution in [0.2, 0.25) is 0 Å². The third-order valence-electron chi connectivity index (χ3n) is 4.55. The summed E-state index contributed by atoms with van der Waals surface area (Å²) in [5, 5.41) is 8.42. The van der Waals surface area contributed by atoms with E-state index in [1.54, 1.807) is 18.3 Å². The second-order valence-corrected chi connectivity index (χ2v) is 8.36. The number of anilines is 2. The maximum absolute atomic E-state index is 11.3. The van der Waals surface area contributed by atoms with E-state index in [2.05, 4.69) is 27.1 Å². The quantitative estimate of drug-likeness (QED) is 0.801. The molecule has 0 amide bonds. The Balaban J connectivity index is 1.56. The van der Waals surface area contributed by atoms with Crippen molar-refractivity contribution in [2.24, 2.45) is 11.1 Å². The Morgan fingerprint density at radius 1 is 1.27 bits per heavy atom. The summed E-state index contributed by atoms with van der Waals surface area (Å²) in [7, 11) is -3.64. The first kappa shape index (κ1) is 18.6. The molecule has 2 heterocycles. The smallest absolute Gasteiger partial charge is 0.238 e. The van der Waals surface area contributed by atoms with Gasteiger partial charge in [-0.1, -0.05) is 19.1 Å². The number of sulfonamides is 1. The van der Waals surface area contributed by atoms with Crippen LogP contribution >= 0.6 is 0 Å². The molecule has 0 saturated carbocycles. The molecular weight excluding hydrogens is 350 g/mol. The van der Waals surface area contributed by atoms with Crippen LogP contribution in [0, 0.1) is 5.92 Å². The van der Waals surface area contributed by atoms with Crippen LogP contribution in [0.1, 0.15) is 25.3 Å². The van der Waals surface area contributed by atoms with Gasteiger partial charge in [0.05, 0.1) is 4.90 Å². The first-order valence-electron chi connectivity index (χ1n) is 8.85. The minimum absolute atomic E-state index is 0.130. The van der Waals surface area contributed by atoms with Crippen LogP contribution in [0.25, 0.3) is 0 Å². The van der Waals surface area contributed by atoms with Gasteiger partial charge in [0.2, 0.25) is 16.0 Å². The number of nitrogens with zero attached hydrogens (tertiary/aromatic N) is 3. The summed E-state index contributed by atoms with van der Waals surface area (Å²) < 4.78 is 22.5. The van der Waals surface area contributed by atoms with Gasteiger partial charge in [0, 0.05) is 25.8 Å². The Bertz CT molecular complexity index is 839. The number of benzene rings is 1. The van der Waals surface area contributed by atoms with E-state index < -0.39 is 10.0 Å². The molecule has 0 radical (unpaired) electrons. The van der Waals surface area contributed by atoms with Gasteiger partial charge in [-0.2, -0.15) is 4.98 Å². The second-order valence-electron chi connectivity index (χ2n) is 6.80. The monoisotopic (exact) mass is 375 g/mol. The van der Waals surface area contributed by atoms with E-state index in [1.807, 2.05) is 6.07 Å². The van der Waals surface area contributed by atoms with E-state index in [4.69, 9.17) is 5.14 Å². The summed E-state index contributed by atoms with van der Waals surface area (Å²) in [5.74, 6) is 2.25. The summed E-state index contributed by atoms with van der Waals surface area (Å²) in [6.07, 6.45) is 4.98. The topological polar surface area (TPSA) is 101 Å². The third kappa shape index (κ3) is 4.92. The Morgan fingerprint density at radius 2 is 2.04 bits per heavy atom. The average Bonchev–Trinajstić information content (AvgIpc) is 2.62. The minimum Gasteiger partial charge on any atom is -0.370 e. The zero-order valence-electron chi connectivity index (χ0n) is 14.9. The molecule has 0 aliphatic carbocycles. The highest BCUT2D eigenvalue weighted by molar-refractivity contribution is 7.89. The standard InChI is InChI=1S/C18H25N5O2S/c1-14-3-2-12-23(13-14)18-21-11-9-17(22-18)20-10-8-15-4-6-16(7-5-15)26(19,24)25/h4-7,9,11,14H,2-3,8,10,12-13H2,1H3,(H2,19,24,25)(H,20,21,22). The molecule has 2 aromatic rings. The molecule has 1 aromatic heterocycles. The molecule has 0 bridgehead atoms. The molecule has 1 atom stereocenters. The van der Waals surface area contributed by atoms with Crippen molar-refractivity contribution in [2.45, 2.75) is 31.1 Å². The fourth-order valence-corrected chi connectivity index (χ4v) is 3.67. The van der Waals surface area contributed by atoms with E-state index in [9.17, 15) is 8.42 Å². The number of hydrogen-bond acceptors (Lipinski definition) is 6. The molecule has 1 aliphatic rings. The fourth-order valence-electron chi connectivity index (χ4n) is 3.15. The predicted octanol–water partition coefficient (Wildman–Crippen LogP) is 2.01. The highest BCUT2D eigenvalue weighted by Gasteiger charge is 2.18. The van der Waals surface area contributed by atoms with Gasteiger partial charge in [-0.25, -0.2) is 18.5 Å². The first-order chi connectivity index (χ1) is 12.4. The van der Waals surface area contributed by atoms with Crippen molar-refractivity contribution in [3.05, 3.63) is 42.1 Å². The zero-order valence-corrected chi connectivity index (χ0v) is 15.7. The Morgan fingerprint density at radius 3 is 2.73 bits per heavy atom. The lowest BCUT2D eigenvalue weighted by Gasteiger charge is -2.30. The van der Waals surface area contributed by atoms with Crippen molar-refractivity contribution in [1.82, 2.24) is 9.97 Å². The first-order valence-corrected chi connectivity index (χ1v) is 10.4. The van der Waals surface area contributed by atoms with Crippen molar-refractivity contribution < 1.29 is 8.42 Å². The number of aromatic nitrogens is 2. The largest absolute Gasteiger partial charge is 0.370 e. The van der Waals surface area contributed by atoms with Gasteiger partial charge in [0.1, 0.15) is 5.82 Å². The van der Waals surface area contributed by atoms with Crippen molar-refractivity contribution >= 4 is 21.8 Å². The summed E-state index contributed by atoms with van der Waals surface area (Å²) in [6, 6.07) is 8.49. The normalized spacial score (nSPS) is 17.9. The van der Waals surface area contributed by atoms with E-state index >= 15 is 0 Å². The van der Waals surface area contributed by atoms with Crippen molar-refractivity contribution in [1.29, 1.82) is 0 Å². The Kier molecular flexibility index (Phi) is 5.73. The molecule has 3 rings (SSSR count). The maximum atomic E-state index is 11.3. The molecule has 3 N–H and O–H groups in total. The summed E-state index contributed by atoms with van der Waals surface area (Å²) in [5.41, 5.74) is 1.03. The predicted molar refractivity (Wildman–Crippen MR) is 103 cm³/mol. The SMILES string of the molecule is CC1CCCN(c2nccc(NCCc3ccc(S(N)(=O)=O)cc3)n2)C1. The Labute approximate surface area is 154 Å².